The average molecular weight is 413 g/mol. The Bertz CT molecular complexity index is 926. The third-order valence-electron chi connectivity index (χ3n) is 4.80. The third kappa shape index (κ3) is 6.12. The molecule has 3 rings (SSSR count). The summed E-state index contributed by atoms with van der Waals surface area (Å²) < 4.78 is 18.7. The number of nitrogens with one attached hydrogen (secondary N) is 1. The Labute approximate surface area is 174 Å². The highest BCUT2D eigenvalue weighted by Gasteiger charge is 2.22. The summed E-state index contributed by atoms with van der Waals surface area (Å²) >= 11 is 0. The molecule has 2 aromatic rings. The first-order chi connectivity index (χ1) is 14.4. The molecule has 1 fully saturated rings. The van der Waals surface area contributed by atoms with Crippen molar-refractivity contribution in [1.82, 2.24) is 9.80 Å². The molecule has 0 bridgehead atoms. The number of hydrogen-bond donors (Lipinski definition) is 1. The van der Waals surface area contributed by atoms with E-state index in [9.17, 15) is 18.8 Å². The van der Waals surface area contributed by atoms with Crippen molar-refractivity contribution in [2.75, 3.05) is 44.6 Å². The molecule has 1 aliphatic heterocycles. The number of ether oxygens (including phenoxy) is 1. The summed E-state index contributed by atoms with van der Waals surface area (Å²) in [6.07, 6.45) is 0. The van der Waals surface area contributed by atoms with Crippen LogP contribution in [0, 0.1) is 5.82 Å². The number of anilines is 1. The van der Waals surface area contributed by atoms with Gasteiger partial charge in [0, 0.05) is 37.4 Å². The van der Waals surface area contributed by atoms with E-state index in [1.54, 1.807) is 35.2 Å². The molecule has 30 heavy (non-hydrogen) atoms. The van der Waals surface area contributed by atoms with Crippen LogP contribution < -0.4 is 10.1 Å². The summed E-state index contributed by atoms with van der Waals surface area (Å²) in [6.45, 7) is 3.63. The Hall–Kier alpha value is -3.26. The lowest BCUT2D eigenvalue weighted by Gasteiger charge is -2.34. The van der Waals surface area contributed by atoms with Crippen molar-refractivity contribution >= 4 is 23.3 Å². The van der Waals surface area contributed by atoms with Crippen molar-refractivity contribution in [2.45, 2.75) is 6.92 Å². The first-order valence-corrected chi connectivity index (χ1v) is 9.70. The van der Waals surface area contributed by atoms with Gasteiger partial charge in [0.1, 0.15) is 11.6 Å². The Morgan fingerprint density at radius 3 is 2.47 bits per heavy atom. The molecule has 158 valence electrons. The number of piperazine rings is 1. The van der Waals surface area contributed by atoms with Crippen LogP contribution in [0.15, 0.2) is 48.5 Å². The minimum absolute atomic E-state index is 0.0654. The molecule has 7 nitrogen and oxygen atoms in total. The summed E-state index contributed by atoms with van der Waals surface area (Å²) in [5.41, 5.74) is 0.949. The number of amides is 2. The zero-order valence-corrected chi connectivity index (χ0v) is 16.8. The van der Waals surface area contributed by atoms with Gasteiger partial charge in [-0.05, 0) is 37.3 Å². The van der Waals surface area contributed by atoms with Gasteiger partial charge in [-0.2, -0.15) is 0 Å². The number of Topliss-reactive ketones (excluding diaryl/α,β-unsaturated/α-hetero) is 1. The largest absolute Gasteiger partial charge is 0.484 e. The highest BCUT2D eigenvalue weighted by atomic mass is 19.1. The first kappa shape index (κ1) is 21.4. The predicted molar refractivity (Wildman–Crippen MR) is 110 cm³/mol. The van der Waals surface area contributed by atoms with Crippen LogP contribution in [-0.4, -0.2) is 66.7 Å². The van der Waals surface area contributed by atoms with E-state index >= 15 is 0 Å². The fourth-order valence-corrected chi connectivity index (χ4v) is 3.17. The Morgan fingerprint density at radius 2 is 1.77 bits per heavy atom. The molecule has 0 saturated carbocycles. The second-order valence-corrected chi connectivity index (χ2v) is 7.09. The number of benzene rings is 2. The SMILES string of the molecule is CC(=O)c1cccc(OCC(=O)N2CCN(CC(=O)Nc3cccc(F)c3)CC2)c1. The fourth-order valence-electron chi connectivity index (χ4n) is 3.17. The lowest BCUT2D eigenvalue weighted by molar-refractivity contribution is -0.135. The second kappa shape index (κ2) is 9.98. The van der Waals surface area contributed by atoms with Gasteiger partial charge in [-0.25, -0.2) is 4.39 Å². The van der Waals surface area contributed by atoms with Gasteiger partial charge in [0.2, 0.25) is 5.91 Å². The first-order valence-electron chi connectivity index (χ1n) is 9.70. The topological polar surface area (TPSA) is 79.0 Å². The van der Waals surface area contributed by atoms with Gasteiger partial charge in [-0.1, -0.05) is 18.2 Å². The maximum absolute atomic E-state index is 13.2. The Kier molecular flexibility index (Phi) is 7.13. The number of ketones is 1. The molecule has 1 N–H and O–H groups in total. The van der Waals surface area contributed by atoms with E-state index in [-0.39, 0.29) is 30.7 Å². The molecule has 0 aromatic heterocycles. The Balaban J connectivity index is 1.41. The van der Waals surface area contributed by atoms with Gasteiger partial charge >= 0.3 is 0 Å². The van der Waals surface area contributed by atoms with E-state index in [4.69, 9.17) is 4.74 Å². The molecule has 1 aliphatic rings. The van der Waals surface area contributed by atoms with E-state index in [0.29, 0.717) is 43.2 Å². The highest BCUT2D eigenvalue weighted by Crippen LogP contribution is 2.14. The van der Waals surface area contributed by atoms with Gasteiger partial charge in [0.05, 0.1) is 6.54 Å². The van der Waals surface area contributed by atoms with Crippen molar-refractivity contribution in [1.29, 1.82) is 0 Å². The number of nitrogens with zero attached hydrogens (tertiary/aromatic N) is 2. The van der Waals surface area contributed by atoms with Crippen LogP contribution >= 0.6 is 0 Å². The Morgan fingerprint density at radius 1 is 1.03 bits per heavy atom. The maximum atomic E-state index is 13.2. The summed E-state index contributed by atoms with van der Waals surface area (Å²) in [5.74, 6) is -0.371. The molecule has 0 unspecified atom stereocenters. The molecule has 2 amide bonds. The fraction of sp³-hybridized carbons (Fsp3) is 0.318. The molecule has 0 atom stereocenters. The van der Waals surface area contributed by atoms with Crippen LogP contribution in [0.5, 0.6) is 5.75 Å². The molecule has 1 saturated heterocycles. The van der Waals surface area contributed by atoms with Crippen molar-refractivity contribution < 1.29 is 23.5 Å². The van der Waals surface area contributed by atoms with Crippen LogP contribution in [0.25, 0.3) is 0 Å². The van der Waals surface area contributed by atoms with Crippen LogP contribution in [0.1, 0.15) is 17.3 Å². The number of carbonyl (C=O) groups is 3. The predicted octanol–water partition coefficient (Wildman–Crippen LogP) is 2.19. The molecular formula is C22H24FN3O4. The van der Waals surface area contributed by atoms with Crippen LogP contribution in [0.2, 0.25) is 0 Å². The third-order valence-corrected chi connectivity index (χ3v) is 4.80. The maximum Gasteiger partial charge on any atom is 0.260 e. The van der Waals surface area contributed by atoms with E-state index < -0.39 is 5.82 Å². The van der Waals surface area contributed by atoms with Crippen LogP contribution in [-0.2, 0) is 9.59 Å². The zero-order chi connectivity index (χ0) is 21.5. The second-order valence-electron chi connectivity index (χ2n) is 7.09. The normalized spacial score (nSPS) is 14.3. The molecular weight excluding hydrogens is 389 g/mol. The zero-order valence-electron chi connectivity index (χ0n) is 16.8. The number of halogens is 1. The van der Waals surface area contributed by atoms with Gasteiger partial charge in [-0.15, -0.1) is 0 Å². The number of hydrogen-bond acceptors (Lipinski definition) is 5. The van der Waals surface area contributed by atoms with Crippen LogP contribution in [0.3, 0.4) is 0 Å². The smallest absolute Gasteiger partial charge is 0.260 e. The summed E-state index contributed by atoms with van der Waals surface area (Å²) in [5, 5.41) is 2.67. The van der Waals surface area contributed by atoms with E-state index in [0.717, 1.165) is 0 Å². The number of carbonyl (C=O) groups excluding carboxylic acids is 3. The van der Waals surface area contributed by atoms with Gasteiger partial charge in [0.25, 0.3) is 5.91 Å². The highest BCUT2D eigenvalue weighted by molar-refractivity contribution is 5.94. The van der Waals surface area contributed by atoms with Gasteiger partial charge in [0.15, 0.2) is 12.4 Å². The average Bonchev–Trinajstić information content (AvgIpc) is 2.72. The molecule has 1 heterocycles. The monoisotopic (exact) mass is 413 g/mol. The minimum atomic E-state index is -0.407. The van der Waals surface area contributed by atoms with Crippen molar-refractivity contribution in [2.24, 2.45) is 0 Å². The van der Waals surface area contributed by atoms with E-state index in [1.807, 2.05) is 4.90 Å². The summed E-state index contributed by atoms with van der Waals surface area (Å²) in [7, 11) is 0. The summed E-state index contributed by atoms with van der Waals surface area (Å²) in [6, 6.07) is 12.5. The van der Waals surface area contributed by atoms with Crippen molar-refractivity contribution in [3.63, 3.8) is 0 Å². The van der Waals surface area contributed by atoms with Crippen molar-refractivity contribution in [3.8, 4) is 5.75 Å². The van der Waals surface area contributed by atoms with E-state index in [2.05, 4.69) is 5.32 Å². The van der Waals surface area contributed by atoms with Gasteiger partial charge in [-0.3, -0.25) is 19.3 Å². The number of rotatable bonds is 7. The lowest BCUT2D eigenvalue weighted by atomic mass is 10.1. The molecule has 0 radical (unpaired) electrons. The quantitative estimate of drug-likeness (QED) is 0.704. The molecule has 0 spiro atoms. The van der Waals surface area contributed by atoms with Crippen LogP contribution in [0.4, 0.5) is 10.1 Å². The molecule has 0 aliphatic carbocycles. The van der Waals surface area contributed by atoms with Crippen molar-refractivity contribution in [3.05, 3.63) is 59.9 Å². The molecule has 2 aromatic carbocycles. The lowest BCUT2D eigenvalue weighted by Crippen LogP contribution is -2.51. The molecule has 8 heteroatoms. The van der Waals surface area contributed by atoms with E-state index in [1.165, 1.54) is 25.1 Å². The standard InChI is InChI=1S/C22H24FN3O4/c1-16(27)17-4-2-7-20(12-17)30-15-22(29)26-10-8-25(9-11-26)14-21(28)24-19-6-3-5-18(23)13-19/h2-7,12-13H,8-11,14-15H2,1H3,(H,24,28). The summed E-state index contributed by atoms with van der Waals surface area (Å²) in [4.78, 5) is 39.6. The van der Waals surface area contributed by atoms with Gasteiger partial charge < -0.3 is 15.0 Å². The minimum Gasteiger partial charge on any atom is -0.484 e.